The molecule has 2 aromatic carbocycles. The van der Waals surface area contributed by atoms with Crippen LogP contribution in [0.15, 0.2) is 48.5 Å². The number of carboxylic acid groups (broad SMARTS) is 1. The average Bonchev–Trinajstić information content (AvgIpc) is 2.95. The van der Waals surface area contributed by atoms with Crippen molar-refractivity contribution in [1.82, 2.24) is 9.78 Å². The number of aromatic nitrogens is 2. The molecule has 1 heterocycles. The molecule has 6 heteroatoms. The van der Waals surface area contributed by atoms with Gasteiger partial charge in [-0.2, -0.15) is 5.10 Å². The van der Waals surface area contributed by atoms with E-state index < -0.39 is 11.9 Å². The summed E-state index contributed by atoms with van der Waals surface area (Å²) in [6.07, 6.45) is 0.351. The number of hydrogen-bond donors (Lipinski definition) is 1. The summed E-state index contributed by atoms with van der Waals surface area (Å²) in [4.78, 5) is 11.8. The van der Waals surface area contributed by atoms with Crippen LogP contribution in [0.25, 0.3) is 11.3 Å². The number of rotatable bonds is 5. The normalized spacial score (nSPS) is 12.2. The van der Waals surface area contributed by atoms with Gasteiger partial charge in [0, 0.05) is 24.7 Å². The van der Waals surface area contributed by atoms with E-state index in [-0.39, 0.29) is 0 Å². The monoisotopic (exact) mass is 388 g/mol. The van der Waals surface area contributed by atoms with Crippen molar-refractivity contribution < 1.29 is 9.90 Å². The molecular formula is C20H18Cl2N2O2. The number of nitrogens with zero attached hydrogens (tertiary/aromatic N) is 2. The molecule has 0 saturated heterocycles. The molecule has 134 valence electrons. The highest BCUT2D eigenvalue weighted by Gasteiger charge is 2.22. The van der Waals surface area contributed by atoms with Crippen molar-refractivity contribution in [3.05, 3.63) is 75.4 Å². The highest BCUT2D eigenvalue weighted by molar-refractivity contribution is 6.42. The standard InChI is InChI=1S/C20H18Cl2N2O2/c1-12-4-3-5-13(8-12)16(20(25)26)10-15-11-19(23-24(15)2)14-6-7-17(21)18(22)9-14/h3-9,11,16H,10H2,1-2H3,(H,25,26). The van der Waals surface area contributed by atoms with Crippen molar-refractivity contribution in [3.8, 4) is 11.3 Å². The predicted octanol–water partition coefficient (Wildman–Crippen LogP) is 5.11. The van der Waals surface area contributed by atoms with Crippen LogP contribution in [0.5, 0.6) is 0 Å². The largest absolute Gasteiger partial charge is 0.481 e. The van der Waals surface area contributed by atoms with Crippen LogP contribution >= 0.6 is 23.2 Å². The van der Waals surface area contributed by atoms with Gasteiger partial charge in [0.2, 0.25) is 0 Å². The van der Waals surface area contributed by atoms with Crippen molar-refractivity contribution in [3.63, 3.8) is 0 Å². The molecule has 0 aliphatic rings. The second-order valence-electron chi connectivity index (χ2n) is 6.28. The lowest BCUT2D eigenvalue weighted by Crippen LogP contribution is -2.16. The van der Waals surface area contributed by atoms with Crippen molar-refractivity contribution in [2.24, 2.45) is 7.05 Å². The van der Waals surface area contributed by atoms with Crippen LogP contribution < -0.4 is 0 Å². The van der Waals surface area contributed by atoms with Gasteiger partial charge >= 0.3 is 5.97 Å². The van der Waals surface area contributed by atoms with Crippen LogP contribution in [0, 0.1) is 6.92 Å². The lowest BCUT2D eigenvalue weighted by molar-refractivity contribution is -0.138. The van der Waals surface area contributed by atoms with Crippen LogP contribution in [0.1, 0.15) is 22.7 Å². The first-order valence-electron chi connectivity index (χ1n) is 8.13. The molecule has 0 saturated carbocycles. The first kappa shape index (κ1) is 18.5. The maximum Gasteiger partial charge on any atom is 0.311 e. The Labute approximate surface area is 162 Å². The maximum absolute atomic E-state index is 11.8. The first-order valence-corrected chi connectivity index (χ1v) is 8.88. The van der Waals surface area contributed by atoms with E-state index in [1.54, 1.807) is 16.8 Å². The Morgan fingerprint density at radius 1 is 1.15 bits per heavy atom. The third-order valence-corrected chi connectivity index (χ3v) is 5.09. The number of aliphatic carboxylic acids is 1. The molecule has 0 amide bonds. The fourth-order valence-corrected chi connectivity index (χ4v) is 3.24. The van der Waals surface area contributed by atoms with E-state index in [0.29, 0.717) is 16.5 Å². The average molecular weight is 389 g/mol. The highest BCUT2D eigenvalue weighted by Crippen LogP contribution is 2.29. The molecule has 1 unspecified atom stereocenters. The number of halogens is 2. The molecule has 0 bridgehead atoms. The number of carboxylic acids is 1. The minimum Gasteiger partial charge on any atom is -0.481 e. The second-order valence-corrected chi connectivity index (χ2v) is 7.10. The first-order chi connectivity index (χ1) is 12.3. The SMILES string of the molecule is Cc1cccc(C(Cc2cc(-c3ccc(Cl)c(Cl)c3)nn2C)C(=O)O)c1. The van der Waals surface area contributed by atoms with E-state index in [9.17, 15) is 9.90 Å². The highest BCUT2D eigenvalue weighted by atomic mass is 35.5. The van der Waals surface area contributed by atoms with Crippen LogP contribution in [0.3, 0.4) is 0 Å². The molecule has 0 aliphatic carbocycles. The van der Waals surface area contributed by atoms with Crippen molar-refractivity contribution >= 4 is 29.2 Å². The molecule has 1 atom stereocenters. The summed E-state index contributed by atoms with van der Waals surface area (Å²) in [5.74, 6) is -1.49. The van der Waals surface area contributed by atoms with Crippen molar-refractivity contribution in [1.29, 1.82) is 0 Å². The third kappa shape index (κ3) is 3.92. The van der Waals surface area contributed by atoms with Gasteiger partial charge in [-0.25, -0.2) is 0 Å². The Hall–Kier alpha value is -2.30. The van der Waals surface area contributed by atoms with E-state index in [1.165, 1.54) is 0 Å². The van der Waals surface area contributed by atoms with E-state index in [1.807, 2.05) is 50.4 Å². The molecule has 26 heavy (non-hydrogen) atoms. The number of aryl methyl sites for hydroxylation is 2. The Bertz CT molecular complexity index is 966. The van der Waals surface area contributed by atoms with E-state index in [2.05, 4.69) is 5.10 Å². The quantitative estimate of drug-likeness (QED) is 0.660. The zero-order valence-corrected chi connectivity index (χ0v) is 15.9. The molecule has 0 aliphatic heterocycles. The lowest BCUT2D eigenvalue weighted by Gasteiger charge is -2.13. The van der Waals surface area contributed by atoms with Gasteiger partial charge in [-0.1, -0.05) is 59.1 Å². The number of hydrogen-bond acceptors (Lipinski definition) is 2. The summed E-state index contributed by atoms with van der Waals surface area (Å²) in [5, 5.41) is 15.1. The van der Waals surface area contributed by atoms with E-state index in [0.717, 1.165) is 28.1 Å². The molecule has 0 fully saturated rings. The molecule has 3 aromatic rings. The Balaban J connectivity index is 1.92. The van der Waals surface area contributed by atoms with E-state index >= 15 is 0 Å². The van der Waals surface area contributed by atoms with Gasteiger partial charge in [0.05, 0.1) is 21.7 Å². The fraction of sp³-hybridized carbons (Fsp3) is 0.200. The summed E-state index contributed by atoms with van der Waals surface area (Å²) in [5.41, 5.74) is 4.23. The van der Waals surface area contributed by atoms with Gasteiger partial charge in [-0.05, 0) is 30.7 Å². The summed E-state index contributed by atoms with van der Waals surface area (Å²) in [6.45, 7) is 1.95. The molecular weight excluding hydrogens is 371 g/mol. The second kappa shape index (κ2) is 7.52. The Morgan fingerprint density at radius 3 is 2.58 bits per heavy atom. The van der Waals surface area contributed by atoms with Gasteiger partial charge in [0.15, 0.2) is 0 Å². The van der Waals surface area contributed by atoms with Gasteiger partial charge < -0.3 is 5.11 Å². The van der Waals surface area contributed by atoms with Crippen LogP contribution in [0.2, 0.25) is 10.0 Å². The minimum absolute atomic E-state index is 0.351. The van der Waals surface area contributed by atoms with Crippen molar-refractivity contribution in [2.75, 3.05) is 0 Å². The summed E-state index contributed by atoms with van der Waals surface area (Å²) in [7, 11) is 1.81. The maximum atomic E-state index is 11.8. The Morgan fingerprint density at radius 2 is 1.92 bits per heavy atom. The topological polar surface area (TPSA) is 55.1 Å². The molecule has 1 aromatic heterocycles. The van der Waals surface area contributed by atoms with E-state index in [4.69, 9.17) is 23.2 Å². The zero-order valence-electron chi connectivity index (χ0n) is 14.4. The summed E-state index contributed by atoms with van der Waals surface area (Å²) >= 11 is 12.1. The molecule has 4 nitrogen and oxygen atoms in total. The third-order valence-electron chi connectivity index (χ3n) is 4.35. The molecule has 0 radical (unpaired) electrons. The number of carbonyl (C=O) groups is 1. The van der Waals surface area contributed by atoms with Gasteiger partial charge in [-0.3, -0.25) is 9.48 Å². The predicted molar refractivity (Wildman–Crippen MR) is 104 cm³/mol. The molecule has 1 N–H and O–H groups in total. The summed E-state index contributed by atoms with van der Waals surface area (Å²) in [6, 6.07) is 14.8. The van der Waals surface area contributed by atoms with Gasteiger partial charge in [0.1, 0.15) is 0 Å². The van der Waals surface area contributed by atoms with Gasteiger partial charge in [0.25, 0.3) is 0 Å². The summed E-state index contributed by atoms with van der Waals surface area (Å²) < 4.78 is 1.71. The Kier molecular flexibility index (Phi) is 5.35. The minimum atomic E-state index is -0.854. The number of benzene rings is 2. The van der Waals surface area contributed by atoms with Crippen molar-refractivity contribution in [2.45, 2.75) is 19.3 Å². The van der Waals surface area contributed by atoms with Crippen LogP contribution in [-0.4, -0.2) is 20.9 Å². The van der Waals surface area contributed by atoms with Gasteiger partial charge in [-0.15, -0.1) is 0 Å². The molecule has 3 rings (SSSR count). The molecule has 0 spiro atoms. The van der Waals surface area contributed by atoms with Crippen LogP contribution in [-0.2, 0) is 18.3 Å². The smallest absolute Gasteiger partial charge is 0.311 e. The van der Waals surface area contributed by atoms with Crippen LogP contribution in [0.4, 0.5) is 0 Å². The fourth-order valence-electron chi connectivity index (χ4n) is 2.94. The zero-order chi connectivity index (χ0) is 18.8. The lowest BCUT2D eigenvalue weighted by atomic mass is 9.93.